The molecule has 1 aromatic carbocycles. The molecular weight excluding hydrogens is 256 g/mol. The lowest BCUT2D eigenvalue weighted by Gasteiger charge is -2.20. The zero-order valence-corrected chi connectivity index (χ0v) is 12.4. The molecule has 0 amide bonds. The first-order valence-corrected chi connectivity index (χ1v) is 6.33. The summed E-state index contributed by atoms with van der Waals surface area (Å²) in [4.78, 5) is 12.2. The Labute approximate surface area is 120 Å². The quantitative estimate of drug-likeness (QED) is 0.471. The summed E-state index contributed by atoms with van der Waals surface area (Å²) in [6.45, 7) is 6.20. The third kappa shape index (κ3) is 4.94. The molecule has 0 spiro atoms. The van der Waals surface area contributed by atoms with E-state index in [9.17, 15) is 4.79 Å². The zero-order valence-electron chi connectivity index (χ0n) is 12.4. The predicted molar refractivity (Wildman–Crippen MR) is 76.9 cm³/mol. The molecule has 0 fully saturated rings. The van der Waals surface area contributed by atoms with Gasteiger partial charge >= 0.3 is 5.97 Å². The molecule has 0 unspecified atom stereocenters. The number of terminal acetylenes is 1. The Morgan fingerprint density at radius 2 is 2.00 bits per heavy atom. The van der Waals surface area contributed by atoms with E-state index in [1.807, 2.05) is 0 Å². The monoisotopic (exact) mass is 276 g/mol. The third-order valence-electron chi connectivity index (χ3n) is 2.31. The van der Waals surface area contributed by atoms with Gasteiger partial charge in [0.2, 0.25) is 0 Å². The number of rotatable bonds is 5. The van der Waals surface area contributed by atoms with E-state index in [0.29, 0.717) is 30.1 Å². The first-order valence-electron chi connectivity index (χ1n) is 6.33. The molecule has 1 rings (SSSR count). The number of benzene rings is 1. The van der Waals surface area contributed by atoms with Crippen molar-refractivity contribution in [3.05, 3.63) is 29.3 Å². The van der Waals surface area contributed by atoms with E-state index < -0.39 is 11.6 Å². The Morgan fingerprint density at radius 3 is 2.55 bits per heavy atom. The van der Waals surface area contributed by atoms with Gasteiger partial charge in [0.25, 0.3) is 0 Å². The molecule has 0 bridgehead atoms. The second-order valence-corrected chi connectivity index (χ2v) is 5.20. The summed E-state index contributed by atoms with van der Waals surface area (Å²) in [5.41, 5.74) is 0.351. The fraction of sp³-hybridized carbons (Fsp3) is 0.438. The van der Waals surface area contributed by atoms with Crippen molar-refractivity contribution in [3.63, 3.8) is 0 Å². The van der Waals surface area contributed by atoms with Gasteiger partial charge in [0.05, 0.1) is 6.61 Å². The molecule has 0 aliphatic rings. The highest BCUT2D eigenvalue weighted by atomic mass is 16.6. The van der Waals surface area contributed by atoms with Gasteiger partial charge in [-0.25, -0.2) is 4.79 Å². The molecule has 4 nitrogen and oxygen atoms in total. The Bertz CT molecular complexity index is 506. The molecule has 20 heavy (non-hydrogen) atoms. The van der Waals surface area contributed by atoms with Crippen molar-refractivity contribution in [2.75, 3.05) is 20.3 Å². The maximum Gasteiger partial charge on any atom is 0.342 e. The lowest BCUT2D eigenvalue weighted by Crippen LogP contribution is -2.24. The summed E-state index contributed by atoms with van der Waals surface area (Å²) in [6.07, 6.45) is 5.35. The number of ether oxygens (including phenoxy) is 3. The lowest BCUT2D eigenvalue weighted by molar-refractivity contribution is 0.00648. The molecule has 1 aromatic rings. The van der Waals surface area contributed by atoms with Crippen LogP contribution in [-0.4, -0.2) is 31.9 Å². The van der Waals surface area contributed by atoms with Crippen LogP contribution in [0.5, 0.6) is 5.75 Å². The normalized spacial score (nSPS) is 10.8. The largest absolute Gasteiger partial charge is 0.490 e. The van der Waals surface area contributed by atoms with E-state index in [4.69, 9.17) is 20.6 Å². The van der Waals surface area contributed by atoms with Crippen LogP contribution in [0.15, 0.2) is 18.2 Å². The van der Waals surface area contributed by atoms with Gasteiger partial charge in [0.1, 0.15) is 23.5 Å². The van der Waals surface area contributed by atoms with Crippen LogP contribution in [0.3, 0.4) is 0 Å². The smallest absolute Gasteiger partial charge is 0.342 e. The minimum absolute atomic E-state index is 0.325. The predicted octanol–water partition coefficient (Wildman–Crippen LogP) is 2.65. The Balaban J connectivity index is 3.00. The number of esters is 1. The van der Waals surface area contributed by atoms with E-state index in [2.05, 4.69) is 5.92 Å². The highest BCUT2D eigenvalue weighted by Gasteiger charge is 2.21. The van der Waals surface area contributed by atoms with E-state index >= 15 is 0 Å². The van der Waals surface area contributed by atoms with E-state index in [0.717, 1.165) is 0 Å². The second-order valence-electron chi connectivity index (χ2n) is 5.20. The maximum absolute atomic E-state index is 12.2. The summed E-state index contributed by atoms with van der Waals surface area (Å²) in [7, 11) is 1.58. The average Bonchev–Trinajstić information content (AvgIpc) is 2.37. The number of methoxy groups -OCH3 is 1. The SMILES string of the molecule is C#Cc1ccc(OCCOC)c(C(=O)OC(C)(C)C)c1. The van der Waals surface area contributed by atoms with E-state index in [1.54, 1.807) is 46.1 Å². The van der Waals surface area contributed by atoms with Gasteiger partial charge in [0.15, 0.2) is 0 Å². The molecule has 0 N–H and O–H groups in total. The first kappa shape index (κ1) is 16.1. The molecule has 0 aliphatic carbocycles. The first-order chi connectivity index (χ1) is 9.37. The van der Waals surface area contributed by atoms with Gasteiger partial charge in [-0.3, -0.25) is 0 Å². The van der Waals surface area contributed by atoms with Crippen LogP contribution in [0.4, 0.5) is 0 Å². The van der Waals surface area contributed by atoms with Gasteiger partial charge < -0.3 is 14.2 Å². The van der Waals surface area contributed by atoms with Gasteiger partial charge in [-0.15, -0.1) is 6.42 Å². The minimum Gasteiger partial charge on any atom is -0.490 e. The van der Waals surface area contributed by atoms with Crippen LogP contribution in [0.25, 0.3) is 0 Å². The summed E-state index contributed by atoms with van der Waals surface area (Å²) < 4.78 is 15.8. The van der Waals surface area contributed by atoms with Crippen molar-refractivity contribution in [2.45, 2.75) is 26.4 Å². The van der Waals surface area contributed by atoms with Crippen LogP contribution in [0.2, 0.25) is 0 Å². The molecule has 4 heteroatoms. The van der Waals surface area contributed by atoms with Crippen molar-refractivity contribution < 1.29 is 19.0 Å². The summed E-state index contributed by atoms with van der Waals surface area (Å²) >= 11 is 0. The molecule has 0 saturated carbocycles. The van der Waals surface area contributed by atoms with Crippen LogP contribution in [0.1, 0.15) is 36.7 Å². The van der Waals surface area contributed by atoms with Gasteiger partial charge in [-0.05, 0) is 39.0 Å². The van der Waals surface area contributed by atoms with Crippen LogP contribution < -0.4 is 4.74 Å². The number of carbonyl (C=O) groups is 1. The number of carbonyl (C=O) groups excluding carboxylic acids is 1. The van der Waals surface area contributed by atoms with Crippen LogP contribution in [0, 0.1) is 12.3 Å². The Hall–Kier alpha value is -1.99. The van der Waals surface area contributed by atoms with Gasteiger partial charge in [0, 0.05) is 12.7 Å². The highest BCUT2D eigenvalue weighted by molar-refractivity contribution is 5.93. The zero-order chi connectivity index (χ0) is 15.2. The summed E-state index contributed by atoms with van der Waals surface area (Å²) in [6, 6.07) is 4.98. The number of hydrogen-bond donors (Lipinski definition) is 0. The van der Waals surface area contributed by atoms with Crippen LogP contribution >= 0.6 is 0 Å². The molecular formula is C16H20O4. The van der Waals surface area contributed by atoms with Crippen molar-refractivity contribution in [1.82, 2.24) is 0 Å². The summed E-state index contributed by atoms with van der Waals surface area (Å²) in [5.74, 6) is 2.48. The second kappa shape index (κ2) is 6.97. The van der Waals surface area contributed by atoms with E-state index in [1.165, 1.54) is 0 Å². The molecule has 0 aromatic heterocycles. The molecule has 0 atom stereocenters. The maximum atomic E-state index is 12.2. The molecule has 0 saturated heterocycles. The fourth-order valence-electron chi connectivity index (χ4n) is 1.47. The fourth-order valence-corrected chi connectivity index (χ4v) is 1.47. The molecule has 0 heterocycles. The van der Waals surface area contributed by atoms with E-state index in [-0.39, 0.29) is 0 Å². The summed E-state index contributed by atoms with van der Waals surface area (Å²) in [5, 5.41) is 0. The Kier molecular flexibility index (Phi) is 5.60. The topological polar surface area (TPSA) is 44.8 Å². The van der Waals surface area contributed by atoms with Crippen molar-refractivity contribution in [3.8, 4) is 18.1 Å². The standard InChI is InChI=1S/C16H20O4/c1-6-12-7-8-14(19-10-9-18-5)13(11-12)15(17)20-16(2,3)4/h1,7-8,11H,9-10H2,2-5H3. The average molecular weight is 276 g/mol. The van der Waals surface area contributed by atoms with Crippen molar-refractivity contribution in [2.24, 2.45) is 0 Å². The van der Waals surface area contributed by atoms with Crippen molar-refractivity contribution in [1.29, 1.82) is 0 Å². The molecule has 0 aliphatic heterocycles. The number of hydrogen-bond acceptors (Lipinski definition) is 4. The highest BCUT2D eigenvalue weighted by Crippen LogP contribution is 2.23. The van der Waals surface area contributed by atoms with Gasteiger partial charge in [-0.1, -0.05) is 5.92 Å². The molecule has 108 valence electrons. The Morgan fingerprint density at radius 1 is 1.30 bits per heavy atom. The van der Waals surface area contributed by atoms with Crippen LogP contribution in [-0.2, 0) is 9.47 Å². The van der Waals surface area contributed by atoms with Gasteiger partial charge in [-0.2, -0.15) is 0 Å². The van der Waals surface area contributed by atoms with Crippen molar-refractivity contribution >= 4 is 5.97 Å². The molecule has 0 radical (unpaired) electrons. The third-order valence-corrected chi connectivity index (χ3v) is 2.31. The minimum atomic E-state index is -0.576. The lowest BCUT2D eigenvalue weighted by atomic mass is 10.1.